The van der Waals surface area contributed by atoms with Crippen molar-refractivity contribution >= 4 is 5.91 Å². The Labute approximate surface area is 139 Å². The molecule has 1 unspecified atom stereocenters. The summed E-state index contributed by atoms with van der Waals surface area (Å²) in [6.45, 7) is 0.281. The zero-order valence-corrected chi connectivity index (χ0v) is 13.2. The van der Waals surface area contributed by atoms with Crippen LogP contribution in [0.2, 0.25) is 0 Å². The van der Waals surface area contributed by atoms with Crippen LogP contribution in [0, 0.1) is 17.6 Å². The summed E-state index contributed by atoms with van der Waals surface area (Å²) >= 11 is 0. The number of carbonyl (C=O) groups excluding carboxylic acids is 1. The van der Waals surface area contributed by atoms with Crippen LogP contribution in [-0.4, -0.2) is 29.1 Å². The lowest BCUT2D eigenvalue weighted by molar-refractivity contribution is -0.121. The quantitative estimate of drug-likeness (QED) is 0.778. The molecule has 0 aliphatic rings. The maximum absolute atomic E-state index is 13.1. The molecule has 1 amide bonds. The Morgan fingerprint density at radius 1 is 1.21 bits per heavy atom. The van der Waals surface area contributed by atoms with Gasteiger partial charge in [0.05, 0.1) is 0 Å². The van der Waals surface area contributed by atoms with Gasteiger partial charge in [-0.25, -0.2) is 8.78 Å². The lowest BCUT2D eigenvalue weighted by Crippen LogP contribution is -2.32. The first-order valence-electron chi connectivity index (χ1n) is 7.80. The van der Waals surface area contributed by atoms with E-state index >= 15 is 0 Å². The summed E-state index contributed by atoms with van der Waals surface area (Å²) in [6.07, 6.45) is 2.75. The second-order valence-electron chi connectivity index (χ2n) is 5.63. The first-order valence-corrected chi connectivity index (χ1v) is 7.80. The van der Waals surface area contributed by atoms with Gasteiger partial charge in [-0.15, -0.1) is 0 Å². The van der Waals surface area contributed by atoms with E-state index in [0.29, 0.717) is 24.9 Å². The number of nitrogens with one attached hydrogen (secondary N) is 1. The van der Waals surface area contributed by atoms with E-state index in [2.05, 4.69) is 10.3 Å². The highest BCUT2D eigenvalue weighted by Crippen LogP contribution is 2.10. The molecular formula is C18H20F2N2O2. The predicted molar refractivity (Wildman–Crippen MR) is 86.2 cm³/mol. The number of pyridine rings is 1. The minimum absolute atomic E-state index is 0.0555. The monoisotopic (exact) mass is 334 g/mol. The van der Waals surface area contributed by atoms with E-state index in [4.69, 9.17) is 0 Å². The number of aliphatic hydroxyl groups excluding tert-OH is 1. The van der Waals surface area contributed by atoms with Crippen molar-refractivity contribution in [1.82, 2.24) is 10.3 Å². The zero-order chi connectivity index (χ0) is 17.4. The van der Waals surface area contributed by atoms with E-state index in [1.54, 1.807) is 6.20 Å². The Balaban J connectivity index is 1.76. The number of nitrogens with zero attached hydrogens (tertiary/aromatic N) is 1. The van der Waals surface area contributed by atoms with Crippen molar-refractivity contribution < 1.29 is 18.7 Å². The van der Waals surface area contributed by atoms with Crippen molar-refractivity contribution in [1.29, 1.82) is 0 Å². The molecule has 0 fully saturated rings. The SMILES string of the molecule is O=C(CCc1ccc(F)c(F)c1)NCC(CO)Cc1ccccn1. The second-order valence-corrected chi connectivity index (χ2v) is 5.63. The summed E-state index contributed by atoms with van der Waals surface area (Å²) in [5, 5.41) is 12.2. The number of benzene rings is 1. The number of aliphatic hydroxyl groups is 1. The van der Waals surface area contributed by atoms with Gasteiger partial charge in [0.15, 0.2) is 11.6 Å². The van der Waals surface area contributed by atoms with Crippen LogP contribution in [0.5, 0.6) is 0 Å². The summed E-state index contributed by atoms with van der Waals surface area (Å²) in [4.78, 5) is 16.1. The maximum atomic E-state index is 13.1. The molecule has 1 aromatic heterocycles. The van der Waals surface area contributed by atoms with E-state index in [0.717, 1.165) is 17.8 Å². The third-order valence-electron chi connectivity index (χ3n) is 3.69. The van der Waals surface area contributed by atoms with Crippen molar-refractivity contribution in [2.45, 2.75) is 19.3 Å². The van der Waals surface area contributed by atoms with E-state index < -0.39 is 11.6 Å². The van der Waals surface area contributed by atoms with Crippen molar-refractivity contribution in [2.75, 3.05) is 13.2 Å². The largest absolute Gasteiger partial charge is 0.396 e. The summed E-state index contributed by atoms with van der Waals surface area (Å²) in [7, 11) is 0. The Hall–Kier alpha value is -2.34. The molecule has 24 heavy (non-hydrogen) atoms. The molecular weight excluding hydrogens is 314 g/mol. The first-order chi connectivity index (χ1) is 11.6. The Bertz CT molecular complexity index is 665. The minimum Gasteiger partial charge on any atom is -0.396 e. The van der Waals surface area contributed by atoms with Crippen molar-refractivity contribution in [2.24, 2.45) is 5.92 Å². The highest BCUT2D eigenvalue weighted by molar-refractivity contribution is 5.76. The summed E-state index contributed by atoms with van der Waals surface area (Å²) < 4.78 is 25.9. The maximum Gasteiger partial charge on any atom is 0.220 e. The summed E-state index contributed by atoms with van der Waals surface area (Å²) in [6, 6.07) is 9.17. The number of carbonyl (C=O) groups is 1. The number of rotatable bonds is 8. The van der Waals surface area contributed by atoms with Crippen LogP contribution in [0.4, 0.5) is 8.78 Å². The molecule has 0 saturated carbocycles. The number of aromatic nitrogens is 1. The van der Waals surface area contributed by atoms with E-state index in [-0.39, 0.29) is 24.9 Å². The van der Waals surface area contributed by atoms with Crippen LogP contribution in [0.25, 0.3) is 0 Å². The number of aryl methyl sites for hydroxylation is 1. The van der Waals surface area contributed by atoms with Gasteiger partial charge in [-0.1, -0.05) is 12.1 Å². The van der Waals surface area contributed by atoms with Gasteiger partial charge >= 0.3 is 0 Å². The molecule has 1 aromatic carbocycles. The average molecular weight is 334 g/mol. The number of hydrogen-bond donors (Lipinski definition) is 2. The zero-order valence-electron chi connectivity index (χ0n) is 13.2. The third-order valence-corrected chi connectivity index (χ3v) is 3.69. The van der Waals surface area contributed by atoms with Crippen molar-refractivity contribution in [3.8, 4) is 0 Å². The molecule has 2 rings (SSSR count). The lowest BCUT2D eigenvalue weighted by atomic mass is 10.0. The van der Waals surface area contributed by atoms with Crippen LogP contribution in [0.1, 0.15) is 17.7 Å². The van der Waals surface area contributed by atoms with Gasteiger partial charge in [0.1, 0.15) is 0 Å². The highest BCUT2D eigenvalue weighted by atomic mass is 19.2. The van der Waals surface area contributed by atoms with Crippen LogP contribution in [0.3, 0.4) is 0 Å². The molecule has 0 aliphatic carbocycles. The molecule has 0 aliphatic heterocycles. The molecule has 4 nitrogen and oxygen atoms in total. The molecule has 6 heteroatoms. The van der Waals surface area contributed by atoms with E-state index in [1.807, 2.05) is 18.2 Å². The molecule has 2 N–H and O–H groups in total. The highest BCUT2D eigenvalue weighted by Gasteiger charge is 2.12. The predicted octanol–water partition coefficient (Wildman–Crippen LogP) is 2.26. The minimum atomic E-state index is -0.913. The fraction of sp³-hybridized carbons (Fsp3) is 0.333. The molecule has 0 saturated heterocycles. The van der Waals surface area contributed by atoms with Gasteiger partial charge in [-0.05, 0) is 42.7 Å². The molecule has 0 spiro atoms. The van der Waals surface area contributed by atoms with Gasteiger partial charge in [0.25, 0.3) is 0 Å². The van der Waals surface area contributed by atoms with Gasteiger partial charge in [-0.3, -0.25) is 9.78 Å². The topological polar surface area (TPSA) is 62.2 Å². The second kappa shape index (κ2) is 9.08. The van der Waals surface area contributed by atoms with Crippen LogP contribution >= 0.6 is 0 Å². The van der Waals surface area contributed by atoms with Crippen LogP contribution in [-0.2, 0) is 17.6 Å². The van der Waals surface area contributed by atoms with E-state index in [9.17, 15) is 18.7 Å². The summed E-state index contributed by atoms with van der Waals surface area (Å²) in [5.74, 6) is -2.13. The van der Waals surface area contributed by atoms with Crippen LogP contribution in [0.15, 0.2) is 42.6 Å². The fourth-order valence-corrected chi connectivity index (χ4v) is 2.32. The standard InChI is InChI=1S/C18H20F2N2O2/c19-16-6-4-13(10-17(16)20)5-7-18(24)22-11-14(12-23)9-15-3-1-2-8-21-15/h1-4,6,8,10,14,23H,5,7,9,11-12H2,(H,22,24). The molecule has 2 aromatic rings. The third kappa shape index (κ3) is 5.70. The number of halogens is 2. The Kier molecular flexibility index (Phi) is 6.81. The smallest absolute Gasteiger partial charge is 0.220 e. The van der Waals surface area contributed by atoms with Crippen LogP contribution < -0.4 is 5.32 Å². The summed E-state index contributed by atoms with van der Waals surface area (Å²) in [5.41, 5.74) is 1.42. The fourth-order valence-electron chi connectivity index (χ4n) is 2.32. The molecule has 128 valence electrons. The van der Waals surface area contributed by atoms with Gasteiger partial charge in [0.2, 0.25) is 5.91 Å². The average Bonchev–Trinajstić information content (AvgIpc) is 2.60. The van der Waals surface area contributed by atoms with Gasteiger partial charge in [0, 0.05) is 37.4 Å². The molecule has 1 atom stereocenters. The van der Waals surface area contributed by atoms with Gasteiger partial charge in [-0.2, -0.15) is 0 Å². The Morgan fingerprint density at radius 3 is 2.71 bits per heavy atom. The van der Waals surface area contributed by atoms with Gasteiger partial charge < -0.3 is 10.4 Å². The number of amides is 1. The lowest BCUT2D eigenvalue weighted by Gasteiger charge is -2.14. The Morgan fingerprint density at radius 2 is 2.04 bits per heavy atom. The normalized spacial score (nSPS) is 12.0. The molecule has 0 bridgehead atoms. The molecule has 1 heterocycles. The number of hydrogen-bond acceptors (Lipinski definition) is 3. The first kappa shape index (κ1) is 18.0. The van der Waals surface area contributed by atoms with Crippen molar-refractivity contribution in [3.05, 3.63) is 65.5 Å². The van der Waals surface area contributed by atoms with E-state index in [1.165, 1.54) is 6.07 Å². The molecule has 0 radical (unpaired) electrons. The van der Waals surface area contributed by atoms with Crippen molar-refractivity contribution in [3.63, 3.8) is 0 Å².